The summed E-state index contributed by atoms with van der Waals surface area (Å²) < 4.78 is 7.49. The summed E-state index contributed by atoms with van der Waals surface area (Å²) in [5.74, 6) is 1.95. The fourth-order valence-electron chi connectivity index (χ4n) is 4.37. The molecule has 1 fully saturated rings. The highest BCUT2D eigenvalue weighted by atomic mass is 32.2. The molecule has 0 N–H and O–H groups in total. The number of benzene rings is 2. The maximum Gasteiger partial charge on any atom is 0.233 e. The van der Waals surface area contributed by atoms with E-state index in [9.17, 15) is 4.79 Å². The van der Waals surface area contributed by atoms with E-state index >= 15 is 0 Å². The van der Waals surface area contributed by atoms with Crippen LogP contribution in [0.4, 0.5) is 0 Å². The predicted octanol–water partition coefficient (Wildman–Crippen LogP) is 4.58. The van der Waals surface area contributed by atoms with E-state index in [4.69, 9.17) is 4.42 Å². The normalized spacial score (nSPS) is 14.4. The Bertz CT molecular complexity index is 1290. The van der Waals surface area contributed by atoms with Crippen LogP contribution in [0.15, 0.2) is 76.5 Å². The van der Waals surface area contributed by atoms with Crippen LogP contribution in [0.5, 0.6) is 0 Å². The number of aryl methyl sites for hydroxylation is 2. The minimum atomic E-state index is 0.134. The van der Waals surface area contributed by atoms with Crippen LogP contribution in [0.3, 0.4) is 0 Å². The van der Waals surface area contributed by atoms with Gasteiger partial charge in [-0.05, 0) is 43.2 Å². The molecule has 180 valence electrons. The van der Waals surface area contributed by atoms with E-state index in [-0.39, 0.29) is 5.91 Å². The number of thioether (sulfide) groups is 1. The molecule has 0 bridgehead atoms. The number of furan rings is 1. The summed E-state index contributed by atoms with van der Waals surface area (Å²) in [6, 6.07) is 20.4. The fraction of sp³-hybridized carbons (Fsp3) is 0.296. The average Bonchev–Trinajstić information content (AvgIpc) is 3.50. The van der Waals surface area contributed by atoms with Crippen LogP contribution in [0.1, 0.15) is 16.9 Å². The third-order valence-electron chi connectivity index (χ3n) is 6.45. The number of hydrogen-bond donors (Lipinski definition) is 0. The van der Waals surface area contributed by atoms with Crippen LogP contribution in [0.25, 0.3) is 17.1 Å². The van der Waals surface area contributed by atoms with Gasteiger partial charge in [-0.2, -0.15) is 0 Å². The van der Waals surface area contributed by atoms with Gasteiger partial charge in [0.05, 0.1) is 17.6 Å². The summed E-state index contributed by atoms with van der Waals surface area (Å²) in [6.45, 7) is 8.25. The summed E-state index contributed by atoms with van der Waals surface area (Å²) in [5.41, 5.74) is 4.51. The van der Waals surface area contributed by atoms with Crippen molar-refractivity contribution in [2.45, 2.75) is 25.5 Å². The van der Waals surface area contributed by atoms with Crippen molar-refractivity contribution in [3.63, 3.8) is 0 Å². The molecule has 3 heterocycles. The molecule has 7 nitrogen and oxygen atoms in total. The number of carbonyl (C=O) groups excluding carboxylic acids is 1. The summed E-state index contributed by atoms with van der Waals surface area (Å²) >= 11 is 1.43. The Kier molecular flexibility index (Phi) is 7.01. The zero-order valence-electron chi connectivity index (χ0n) is 20.1. The molecular weight excluding hydrogens is 458 g/mol. The molecule has 35 heavy (non-hydrogen) atoms. The largest absolute Gasteiger partial charge is 0.469 e. The van der Waals surface area contributed by atoms with Crippen molar-refractivity contribution in [1.29, 1.82) is 0 Å². The van der Waals surface area contributed by atoms with Crippen LogP contribution in [0, 0.1) is 13.8 Å². The lowest BCUT2D eigenvalue weighted by molar-refractivity contribution is -0.130. The van der Waals surface area contributed by atoms with Crippen LogP contribution < -0.4 is 0 Å². The Balaban J connectivity index is 1.24. The van der Waals surface area contributed by atoms with Gasteiger partial charge < -0.3 is 9.32 Å². The van der Waals surface area contributed by atoms with Crippen LogP contribution in [-0.2, 0) is 11.3 Å². The quantitative estimate of drug-likeness (QED) is 0.356. The van der Waals surface area contributed by atoms with Crippen molar-refractivity contribution in [2.24, 2.45) is 0 Å². The van der Waals surface area contributed by atoms with Crippen molar-refractivity contribution in [1.82, 2.24) is 24.6 Å². The maximum absolute atomic E-state index is 13.0. The summed E-state index contributed by atoms with van der Waals surface area (Å²) in [4.78, 5) is 17.4. The van der Waals surface area contributed by atoms with Gasteiger partial charge in [-0.25, -0.2) is 0 Å². The second kappa shape index (κ2) is 10.5. The van der Waals surface area contributed by atoms with E-state index in [1.807, 2.05) is 52.8 Å². The van der Waals surface area contributed by atoms with Gasteiger partial charge in [-0.1, -0.05) is 54.2 Å². The smallest absolute Gasteiger partial charge is 0.233 e. The summed E-state index contributed by atoms with van der Waals surface area (Å²) in [6.07, 6.45) is 1.66. The fourth-order valence-corrected chi connectivity index (χ4v) is 5.22. The number of piperazine rings is 1. The molecule has 1 amide bonds. The van der Waals surface area contributed by atoms with E-state index in [1.165, 1.54) is 22.9 Å². The lowest BCUT2D eigenvalue weighted by Gasteiger charge is -2.35. The van der Waals surface area contributed by atoms with Crippen molar-refractivity contribution in [2.75, 3.05) is 31.9 Å². The van der Waals surface area contributed by atoms with Gasteiger partial charge in [0.1, 0.15) is 5.76 Å². The molecule has 1 aliphatic rings. The van der Waals surface area contributed by atoms with Crippen molar-refractivity contribution in [3.05, 3.63) is 83.8 Å². The standard InChI is InChI=1S/C27H29N5O2S/c1-20-8-6-7-9-22(20)18-30-13-15-31(16-14-30)25(33)19-35-27-29-28-26(24-12-17-34-21(24)2)32(27)23-10-4-3-5-11-23/h3-12,17H,13-16,18-19H2,1-2H3. The van der Waals surface area contributed by atoms with E-state index < -0.39 is 0 Å². The first kappa shape index (κ1) is 23.4. The van der Waals surface area contributed by atoms with Gasteiger partial charge in [0.25, 0.3) is 0 Å². The van der Waals surface area contributed by atoms with E-state index in [1.54, 1.807) is 6.26 Å². The van der Waals surface area contributed by atoms with Crippen LogP contribution >= 0.6 is 11.8 Å². The molecule has 0 saturated carbocycles. The summed E-state index contributed by atoms with van der Waals surface area (Å²) in [7, 11) is 0. The molecule has 8 heteroatoms. The number of aromatic nitrogens is 3. The highest BCUT2D eigenvalue weighted by molar-refractivity contribution is 7.99. The van der Waals surface area contributed by atoms with Crippen molar-refractivity contribution in [3.8, 4) is 17.1 Å². The van der Waals surface area contributed by atoms with Crippen LogP contribution in [0.2, 0.25) is 0 Å². The molecular formula is C27H29N5O2S. The van der Waals surface area contributed by atoms with Crippen LogP contribution in [-0.4, -0.2) is 62.4 Å². The summed E-state index contributed by atoms with van der Waals surface area (Å²) in [5, 5.41) is 9.57. The lowest BCUT2D eigenvalue weighted by Crippen LogP contribution is -2.48. The second-order valence-corrected chi connectivity index (χ2v) is 9.68. The zero-order chi connectivity index (χ0) is 24.2. The molecule has 1 saturated heterocycles. The molecule has 0 atom stereocenters. The van der Waals surface area contributed by atoms with Gasteiger partial charge in [0, 0.05) is 38.4 Å². The molecule has 0 radical (unpaired) electrons. The molecule has 0 unspecified atom stereocenters. The minimum Gasteiger partial charge on any atom is -0.469 e. The highest BCUT2D eigenvalue weighted by Crippen LogP contribution is 2.30. The Morgan fingerprint density at radius 1 is 0.943 bits per heavy atom. The average molecular weight is 488 g/mol. The van der Waals surface area contributed by atoms with Gasteiger partial charge in [0.15, 0.2) is 11.0 Å². The number of hydrogen-bond acceptors (Lipinski definition) is 6. The maximum atomic E-state index is 13.0. The third kappa shape index (κ3) is 5.18. The number of carbonyl (C=O) groups is 1. The Hall–Kier alpha value is -3.36. The number of amides is 1. The highest BCUT2D eigenvalue weighted by Gasteiger charge is 2.24. The SMILES string of the molecule is Cc1ccccc1CN1CCN(C(=O)CSc2nnc(-c3ccoc3C)n2-c2ccccc2)CC1. The first-order chi connectivity index (χ1) is 17.1. The number of para-hydroxylation sites is 1. The van der Waals surface area contributed by atoms with Gasteiger partial charge in [-0.3, -0.25) is 14.3 Å². The number of rotatable bonds is 7. The molecule has 5 rings (SSSR count). The zero-order valence-corrected chi connectivity index (χ0v) is 20.9. The first-order valence-electron chi connectivity index (χ1n) is 11.8. The molecule has 4 aromatic rings. The predicted molar refractivity (Wildman–Crippen MR) is 138 cm³/mol. The van der Waals surface area contributed by atoms with Gasteiger partial charge in [0.2, 0.25) is 5.91 Å². The van der Waals surface area contributed by atoms with Crippen molar-refractivity contribution < 1.29 is 9.21 Å². The third-order valence-corrected chi connectivity index (χ3v) is 7.37. The topological polar surface area (TPSA) is 67.4 Å². The first-order valence-corrected chi connectivity index (χ1v) is 12.8. The monoisotopic (exact) mass is 487 g/mol. The number of nitrogens with zero attached hydrogens (tertiary/aromatic N) is 5. The van der Waals surface area contributed by atoms with Crippen molar-refractivity contribution >= 4 is 17.7 Å². The Labute approximate surface area is 209 Å². The Morgan fingerprint density at radius 3 is 2.40 bits per heavy atom. The molecule has 2 aromatic carbocycles. The van der Waals surface area contributed by atoms with E-state index in [2.05, 4.69) is 46.3 Å². The van der Waals surface area contributed by atoms with Gasteiger partial charge in [-0.15, -0.1) is 10.2 Å². The minimum absolute atomic E-state index is 0.134. The Morgan fingerprint density at radius 2 is 1.69 bits per heavy atom. The lowest BCUT2D eigenvalue weighted by atomic mass is 10.1. The molecule has 0 spiro atoms. The molecule has 2 aromatic heterocycles. The van der Waals surface area contributed by atoms with Gasteiger partial charge >= 0.3 is 0 Å². The molecule has 0 aliphatic carbocycles. The van der Waals surface area contributed by atoms with E-state index in [0.29, 0.717) is 16.7 Å². The van der Waals surface area contributed by atoms with E-state index in [0.717, 1.165) is 49.7 Å². The second-order valence-electron chi connectivity index (χ2n) is 8.74. The molecule has 1 aliphatic heterocycles.